The zero-order valence-corrected chi connectivity index (χ0v) is 25.4. The minimum Gasteiger partial charge on any atom is -0.870 e. The molecule has 0 aliphatic heterocycles. The molecule has 0 aromatic heterocycles. The Labute approximate surface area is 256 Å². The van der Waals surface area contributed by atoms with Gasteiger partial charge in [-0.2, -0.15) is 18.6 Å². The summed E-state index contributed by atoms with van der Waals surface area (Å²) in [5.74, 6) is -1.06. The number of nitrogens with one attached hydrogen (secondary N) is 1. The summed E-state index contributed by atoms with van der Waals surface area (Å²) in [6.45, 7) is 3.74. The maximum atomic E-state index is 13.4. The van der Waals surface area contributed by atoms with Crippen LogP contribution in [-0.4, -0.2) is 25.5 Å². The minimum atomic E-state index is -4.57. The first-order chi connectivity index (χ1) is 18.0. The fourth-order valence-electron chi connectivity index (χ4n) is 3.64. The van der Waals surface area contributed by atoms with Gasteiger partial charge in [-0.25, -0.2) is 0 Å². The van der Waals surface area contributed by atoms with Gasteiger partial charge in [0.2, 0.25) is 0 Å². The first kappa shape index (κ1) is 30.8. The Balaban J connectivity index is 0.00000420. The predicted octanol–water partition coefficient (Wildman–Crippen LogP) is 3.85. The summed E-state index contributed by atoms with van der Waals surface area (Å²) in [5, 5.41) is 25.4. The second kappa shape index (κ2) is 12.6. The Morgan fingerprint density at radius 2 is 1.79 bits per heavy atom. The fourth-order valence-corrected chi connectivity index (χ4v) is 4.67. The summed E-state index contributed by atoms with van der Waals surface area (Å²) in [6, 6.07) is 15.2. The molecule has 4 rings (SSSR count). The number of hydrogen-bond acceptors (Lipinski definition) is 7. The molecule has 0 unspecified atom stereocenters. The van der Waals surface area contributed by atoms with Crippen LogP contribution in [0.1, 0.15) is 22.8 Å². The third-order valence-corrected chi connectivity index (χ3v) is 7.19. The molecule has 0 heterocycles. The number of hydrogen-bond donors (Lipinski definition) is 2. The van der Waals surface area contributed by atoms with E-state index in [9.17, 15) is 22.9 Å². The summed E-state index contributed by atoms with van der Waals surface area (Å²) in [4.78, 5) is 12.7. The van der Waals surface area contributed by atoms with Crippen LogP contribution in [0, 0.1) is 6.92 Å². The van der Waals surface area contributed by atoms with Crippen LogP contribution in [0.2, 0.25) is 10.0 Å². The Morgan fingerprint density at radius 1 is 1.08 bits per heavy atom. The normalized spacial score (nSPS) is 11.4. The van der Waals surface area contributed by atoms with E-state index in [1.54, 1.807) is 56.3 Å². The third kappa shape index (κ3) is 6.72. The van der Waals surface area contributed by atoms with Crippen LogP contribution in [0.5, 0.6) is 11.5 Å². The van der Waals surface area contributed by atoms with E-state index in [1.807, 2.05) is 0 Å². The van der Waals surface area contributed by atoms with Crippen molar-refractivity contribution >= 4 is 67.1 Å². The van der Waals surface area contributed by atoms with Gasteiger partial charge in [0.05, 0.1) is 28.6 Å². The number of carbonyl (C=O) groups excluding carboxylic acids is 1. The molecule has 0 saturated heterocycles. The molecule has 4 aromatic rings. The summed E-state index contributed by atoms with van der Waals surface area (Å²) in [6.07, 6.45) is 0. The van der Waals surface area contributed by atoms with Gasteiger partial charge in [0.15, 0.2) is 0 Å². The number of fused-ring (bicyclic) bond motifs is 1. The molecule has 0 aliphatic carbocycles. The second-order valence-electron chi connectivity index (χ2n) is 8.05. The topological polar surface area (TPSA) is 140 Å². The largest absolute Gasteiger partial charge is 1.00 e. The molecule has 13 heteroatoms. The molecule has 0 radical (unpaired) electrons. The first-order valence-electron chi connectivity index (χ1n) is 11.2. The van der Waals surface area contributed by atoms with Gasteiger partial charge in [-0.15, -0.1) is 0 Å². The SMILES string of the molecule is CCOc1cccc(NC(=O)c2cc3ccccc3c(N=Nc3cc(S(=O)(=O)O)cc(Cl)c3C)c2[O-])c1Cl.[Na+]. The molecule has 39 heavy (non-hydrogen) atoms. The van der Waals surface area contributed by atoms with Crippen molar-refractivity contribution in [2.24, 2.45) is 10.2 Å². The molecule has 1 amide bonds. The van der Waals surface area contributed by atoms with Crippen LogP contribution in [0.4, 0.5) is 17.1 Å². The van der Waals surface area contributed by atoms with Gasteiger partial charge >= 0.3 is 29.6 Å². The smallest absolute Gasteiger partial charge is 0.870 e. The van der Waals surface area contributed by atoms with Crippen molar-refractivity contribution < 1.29 is 57.2 Å². The van der Waals surface area contributed by atoms with Crippen molar-refractivity contribution in [2.45, 2.75) is 18.7 Å². The molecule has 2 N–H and O–H groups in total. The van der Waals surface area contributed by atoms with Gasteiger partial charge in [-0.1, -0.05) is 59.3 Å². The standard InChI is InChI=1S/C26H21Cl2N3O6S.Na/c1-3-37-22-10-6-9-20(23(22)28)29-26(33)18-11-15-7-4-5-8-17(15)24(25(18)32)31-30-21-13-16(38(34,35)36)12-19(27)14(21)2;/h4-13,32H,3H2,1-2H3,(H,29,33)(H,34,35,36);/q;+1/p-1. The van der Waals surface area contributed by atoms with E-state index in [0.717, 1.165) is 12.1 Å². The predicted molar refractivity (Wildman–Crippen MR) is 144 cm³/mol. The van der Waals surface area contributed by atoms with Gasteiger partial charge in [-0.3, -0.25) is 9.35 Å². The molecular weight excluding hydrogens is 576 g/mol. The van der Waals surface area contributed by atoms with Gasteiger partial charge in [0, 0.05) is 16.0 Å². The van der Waals surface area contributed by atoms with Crippen molar-refractivity contribution in [3.8, 4) is 11.5 Å². The number of rotatable bonds is 7. The second-order valence-corrected chi connectivity index (χ2v) is 10.3. The zero-order chi connectivity index (χ0) is 27.6. The first-order valence-corrected chi connectivity index (χ1v) is 13.4. The number of anilines is 1. The van der Waals surface area contributed by atoms with Crippen LogP contribution in [0.3, 0.4) is 0 Å². The average Bonchev–Trinajstić information content (AvgIpc) is 2.87. The number of ether oxygens (including phenoxy) is 1. The number of amides is 1. The molecule has 9 nitrogen and oxygen atoms in total. The van der Waals surface area contributed by atoms with Crippen molar-refractivity contribution in [1.29, 1.82) is 0 Å². The molecule has 196 valence electrons. The van der Waals surface area contributed by atoms with Crippen LogP contribution in [-0.2, 0) is 10.1 Å². The van der Waals surface area contributed by atoms with Gasteiger partial charge < -0.3 is 15.2 Å². The summed E-state index contributed by atoms with van der Waals surface area (Å²) in [7, 11) is -4.57. The maximum Gasteiger partial charge on any atom is 1.00 e. The van der Waals surface area contributed by atoms with E-state index < -0.39 is 26.7 Å². The third-order valence-electron chi connectivity index (χ3n) is 5.58. The number of azo groups is 1. The average molecular weight is 596 g/mol. The van der Waals surface area contributed by atoms with Crippen LogP contribution < -0.4 is 44.7 Å². The van der Waals surface area contributed by atoms with Crippen molar-refractivity contribution in [3.05, 3.63) is 81.8 Å². The number of nitrogens with zero attached hydrogens (tertiary/aromatic N) is 2. The minimum absolute atomic E-state index is 0. The molecule has 0 bridgehead atoms. The van der Waals surface area contributed by atoms with Crippen LogP contribution in [0.15, 0.2) is 75.8 Å². The Morgan fingerprint density at radius 3 is 2.49 bits per heavy atom. The van der Waals surface area contributed by atoms with E-state index in [-0.39, 0.29) is 62.2 Å². The molecule has 4 aromatic carbocycles. The Kier molecular flexibility index (Phi) is 10.0. The van der Waals surface area contributed by atoms with E-state index in [2.05, 4.69) is 15.5 Å². The molecule has 0 aliphatic rings. The molecule has 0 spiro atoms. The van der Waals surface area contributed by atoms with Crippen molar-refractivity contribution in [3.63, 3.8) is 0 Å². The van der Waals surface area contributed by atoms with Gasteiger partial charge in [0.1, 0.15) is 10.8 Å². The Bertz CT molecular complexity index is 1710. The number of halogens is 2. The van der Waals surface area contributed by atoms with Crippen molar-refractivity contribution in [1.82, 2.24) is 0 Å². The van der Waals surface area contributed by atoms with E-state index in [1.165, 1.54) is 6.07 Å². The van der Waals surface area contributed by atoms with Gasteiger partial charge in [-0.05, 0) is 55.1 Å². The molecular formula is C26H20Cl2N3NaO6S. The maximum absolute atomic E-state index is 13.4. The number of carbonyl (C=O) groups is 1. The van der Waals surface area contributed by atoms with E-state index in [4.69, 9.17) is 27.9 Å². The monoisotopic (exact) mass is 595 g/mol. The summed E-state index contributed by atoms with van der Waals surface area (Å²) >= 11 is 12.5. The van der Waals surface area contributed by atoms with Crippen LogP contribution >= 0.6 is 23.2 Å². The van der Waals surface area contributed by atoms with E-state index >= 15 is 0 Å². The molecule has 0 atom stereocenters. The zero-order valence-electron chi connectivity index (χ0n) is 21.0. The van der Waals surface area contributed by atoms with Gasteiger partial charge in [0.25, 0.3) is 16.0 Å². The summed E-state index contributed by atoms with van der Waals surface area (Å²) < 4.78 is 38.1. The van der Waals surface area contributed by atoms with Crippen molar-refractivity contribution in [2.75, 3.05) is 11.9 Å². The molecule has 0 saturated carbocycles. The number of benzene rings is 4. The van der Waals surface area contributed by atoms with E-state index in [0.29, 0.717) is 28.7 Å². The fraction of sp³-hybridized carbons (Fsp3) is 0.115. The quantitative estimate of drug-likeness (QED) is 0.189. The Hall–Kier alpha value is -2.70. The van der Waals surface area contributed by atoms with Crippen LogP contribution in [0.25, 0.3) is 10.8 Å². The molecule has 0 fully saturated rings. The summed E-state index contributed by atoms with van der Waals surface area (Å²) in [5.41, 5.74) is 0.290.